The van der Waals surface area contributed by atoms with Crippen LogP contribution < -0.4 is 9.47 Å². The second kappa shape index (κ2) is 8.38. The molecule has 158 valence electrons. The van der Waals surface area contributed by atoms with E-state index in [1.54, 1.807) is 26.0 Å². The van der Waals surface area contributed by atoms with Gasteiger partial charge in [-0.2, -0.15) is 0 Å². The first-order valence-corrected chi connectivity index (χ1v) is 10.3. The molecule has 1 saturated heterocycles. The molecule has 30 heavy (non-hydrogen) atoms. The lowest BCUT2D eigenvalue weighted by molar-refractivity contribution is -0.136. The first-order chi connectivity index (χ1) is 14.5. The highest BCUT2D eigenvalue weighted by Crippen LogP contribution is 2.40. The number of hydrogen-bond donors (Lipinski definition) is 0. The number of benzene rings is 2. The van der Waals surface area contributed by atoms with Crippen molar-refractivity contribution in [1.29, 1.82) is 0 Å². The van der Waals surface area contributed by atoms with E-state index in [4.69, 9.17) is 9.47 Å². The van der Waals surface area contributed by atoms with E-state index in [2.05, 4.69) is 12.1 Å². The summed E-state index contributed by atoms with van der Waals surface area (Å²) < 4.78 is 11.0. The van der Waals surface area contributed by atoms with Crippen LogP contribution in [0.5, 0.6) is 11.5 Å². The van der Waals surface area contributed by atoms with Crippen molar-refractivity contribution in [3.05, 3.63) is 59.2 Å². The van der Waals surface area contributed by atoms with Crippen molar-refractivity contribution in [2.45, 2.75) is 25.8 Å². The van der Waals surface area contributed by atoms with Crippen molar-refractivity contribution in [2.75, 3.05) is 33.9 Å². The van der Waals surface area contributed by atoms with Crippen LogP contribution in [0, 0.1) is 5.92 Å². The minimum absolute atomic E-state index is 0.0128. The fourth-order valence-electron chi connectivity index (χ4n) is 4.67. The minimum Gasteiger partial charge on any atom is -0.497 e. The average Bonchev–Trinajstić information content (AvgIpc) is 3.23. The SMILES string of the molecule is COc1ccc(OC)c(C2CN(C(C)=O)CC2C(=O)N2CCc3ccccc3C2)c1. The number of carbonyl (C=O) groups is 2. The summed E-state index contributed by atoms with van der Waals surface area (Å²) in [5.41, 5.74) is 3.43. The van der Waals surface area contributed by atoms with E-state index in [-0.39, 0.29) is 23.7 Å². The number of amides is 2. The van der Waals surface area contributed by atoms with Gasteiger partial charge in [-0.05, 0) is 35.7 Å². The lowest BCUT2D eigenvalue weighted by Crippen LogP contribution is -2.42. The normalized spacial score (nSPS) is 20.6. The Bertz CT molecular complexity index is 958. The molecule has 4 rings (SSSR count). The summed E-state index contributed by atoms with van der Waals surface area (Å²) in [6.45, 7) is 3.81. The van der Waals surface area contributed by atoms with E-state index >= 15 is 0 Å². The molecule has 2 aromatic rings. The Labute approximate surface area is 177 Å². The van der Waals surface area contributed by atoms with Gasteiger partial charge < -0.3 is 19.3 Å². The molecular weight excluding hydrogens is 380 g/mol. The van der Waals surface area contributed by atoms with Crippen molar-refractivity contribution in [3.8, 4) is 11.5 Å². The zero-order valence-electron chi connectivity index (χ0n) is 17.8. The summed E-state index contributed by atoms with van der Waals surface area (Å²) in [5.74, 6) is 1.08. The molecule has 0 radical (unpaired) electrons. The highest BCUT2D eigenvalue weighted by Gasteiger charge is 2.43. The Balaban J connectivity index is 1.65. The summed E-state index contributed by atoms with van der Waals surface area (Å²) in [7, 11) is 3.25. The van der Waals surface area contributed by atoms with E-state index in [1.165, 1.54) is 11.1 Å². The Kier molecular flexibility index (Phi) is 5.66. The van der Waals surface area contributed by atoms with E-state index < -0.39 is 0 Å². The maximum absolute atomic E-state index is 13.6. The zero-order chi connectivity index (χ0) is 21.3. The number of likely N-dealkylation sites (tertiary alicyclic amines) is 1. The highest BCUT2D eigenvalue weighted by atomic mass is 16.5. The largest absolute Gasteiger partial charge is 0.497 e. The van der Waals surface area contributed by atoms with Crippen molar-refractivity contribution >= 4 is 11.8 Å². The molecule has 2 amide bonds. The molecule has 2 heterocycles. The van der Waals surface area contributed by atoms with Crippen LogP contribution in [-0.4, -0.2) is 55.5 Å². The standard InChI is InChI=1S/C24H28N2O4/c1-16(27)26-14-21(20-12-19(29-2)8-9-23(20)30-3)22(15-26)24(28)25-11-10-17-6-4-5-7-18(17)13-25/h4-9,12,21-22H,10-11,13-15H2,1-3H3. The van der Waals surface area contributed by atoms with E-state index in [9.17, 15) is 9.59 Å². The maximum Gasteiger partial charge on any atom is 0.228 e. The lowest BCUT2D eigenvalue weighted by Gasteiger charge is -2.32. The van der Waals surface area contributed by atoms with Crippen LogP contribution in [0.1, 0.15) is 29.5 Å². The second-order valence-electron chi connectivity index (χ2n) is 8.02. The fraction of sp³-hybridized carbons (Fsp3) is 0.417. The van der Waals surface area contributed by atoms with Gasteiger partial charge in [0, 0.05) is 44.6 Å². The summed E-state index contributed by atoms with van der Waals surface area (Å²) >= 11 is 0. The number of hydrogen-bond acceptors (Lipinski definition) is 4. The van der Waals surface area contributed by atoms with Crippen molar-refractivity contribution in [1.82, 2.24) is 9.80 Å². The number of methoxy groups -OCH3 is 2. The summed E-state index contributed by atoms with van der Waals surface area (Å²) in [6.07, 6.45) is 0.859. The van der Waals surface area contributed by atoms with Crippen LogP contribution >= 0.6 is 0 Å². The number of ether oxygens (including phenoxy) is 2. The van der Waals surface area contributed by atoms with E-state index in [0.717, 1.165) is 12.0 Å². The molecule has 2 aromatic carbocycles. The van der Waals surface area contributed by atoms with Crippen molar-refractivity contribution in [2.24, 2.45) is 5.92 Å². The average molecular weight is 408 g/mol. The van der Waals surface area contributed by atoms with Gasteiger partial charge >= 0.3 is 0 Å². The van der Waals surface area contributed by atoms with Crippen molar-refractivity contribution in [3.63, 3.8) is 0 Å². The Hall–Kier alpha value is -3.02. The maximum atomic E-state index is 13.6. The van der Waals surface area contributed by atoms with Crippen LogP contribution in [0.2, 0.25) is 0 Å². The van der Waals surface area contributed by atoms with Gasteiger partial charge in [-0.25, -0.2) is 0 Å². The van der Waals surface area contributed by atoms with Crippen LogP contribution in [0.15, 0.2) is 42.5 Å². The highest BCUT2D eigenvalue weighted by molar-refractivity contribution is 5.83. The lowest BCUT2D eigenvalue weighted by atomic mass is 9.86. The number of fused-ring (bicyclic) bond motifs is 1. The summed E-state index contributed by atoms with van der Waals surface area (Å²) in [6, 6.07) is 13.9. The smallest absolute Gasteiger partial charge is 0.228 e. The second-order valence-corrected chi connectivity index (χ2v) is 8.02. The molecule has 0 bridgehead atoms. The third-order valence-corrected chi connectivity index (χ3v) is 6.36. The molecular formula is C24H28N2O4. The Morgan fingerprint density at radius 3 is 2.43 bits per heavy atom. The predicted octanol–water partition coefficient (Wildman–Crippen LogP) is 2.85. The summed E-state index contributed by atoms with van der Waals surface area (Å²) in [4.78, 5) is 29.5. The quantitative estimate of drug-likeness (QED) is 0.781. The van der Waals surface area contributed by atoms with Gasteiger partial charge in [-0.1, -0.05) is 24.3 Å². The van der Waals surface area contributed by atoms with Gasteiger partial charge in [-0.3, -0.25) is 9.59 Å². The molecule has 1 fully saturated rings. The monoisotopic (exact) mass is 408 g/mol. The fourth-order valence-corrected chi connectivity index (χ4v) is 4.67. The van der Waals surface area contributed by atoms with Gasteiger partial charge in [0.05, 0.1) is 20.1 Å². The predicted molar refractivity (Wildman–Crippen MR) is 114 cm³/mol. The molecule has 0 saturated carbocycles. The first kappa shape index (κ1) is 20.3. The molecule has 0 aromatic heterocycles. The third kappa shape index (κ3) is 3.74. The third-order valence-electron chi connectivity index (χ3n) is 6.36. The minimum atomic E-state index is -0.305. The van der Waals surface area contributed by atoms with Crippen LogP contribution in [0.25, 0.3) is 0 Å². The molecule has 2 unspecified atom stereocenters. The molecule has 6 heteroatoms. The molecule has 6 nitrogen and oxygen atoms in total. The molecule has 0 aliphatic carbocycles. The number of carbonyl (C=O) groups excluding carboxylic acids is 2. The topological polar surface area (TPSA) is 59.1 Å². The zero-order valence-corrected chi connectivity index (χ0v) is 17.8. The van der Waals surface area contributed by atoms with Gasteiger partial charge in [0.1, 0.15) is 11.5 Å². The van der Waals surface area contributed by atoms with Gasteiger partial charge in [-0.15, -0.1) is 0 Å². The first-order valence-electron chi connectivity index (χ1n) is 10.3. The molecule has 0 N–H and O–H groups in total. The van der Waals surface area contributed by atoms with E-state index in [1.807, 2.05) is 35.2 Å². The van der Waals surface area contributed by atoms with Crippen LogP contribution in [0.3, 0.4) is 0 Å². The van der Waals surface area contributed by atoms with E-state index in [0.29, 0.717) is 37.7 Å². The number of nitrogens with zero attached hydrogens (tertiary/aromatic N) is 2. The Morgan fingerprint density at radius 1 is 0.967 bits per heavy atom. The van der Waals surface area contributed by atoms with Gasteiger partial charge in [0.15, 0.2) is 0 Å². The molecule has 2 atom stereocenters. The van der Waals surface area contributed by atoms with Crippen LogP contribution in [0.4, 0.5) is 0 Å². The van der Waals surface area contributed by atoms with Crippen molar-refractivity contribution < 1.29 is 19.1 Å². The van der Waals surface area contributed by atoms with Gasteiger partial charge in [0.2, 0.25) is 11.8 Å². The number of rotatable bonds is 4. The van der Waals surface area contributed by atoms with Crippen LogP contribution in [-0.2, 0) is 22.6 Å². The molecule has 0 spiro atoms. The Morgan fingerprint density at radius 2 is 1.73 bits per heavy atom. The summed E-state index contributed by atoms with van der Waals surface area (Å²) in [5, 5.41) is 0. The molecule has 2 aliphatic rings. The molecule has 2 aliphatic heterocycles. The van der Waals surface area contributed by atoms with Gasteiger partial charge in [0.25, 0.3) is 0 Å².